The lowest BCUT2D eigenvalue weighted by atomic mass is 9.99. The predicted octanol–water partition coefficient (Wildman–Crippen LogP) is 5.78. The van der Waals surface area contributed by atoms with E-state index >= 15 is 0 Å². The molecule has 1 aromatic heterocycles. The van der Waals surface area contributed by atoms with Crippen molar-refractivity contribution in [1.82, 2.24) is 9.47 Å². The molecule has 0 atom stereocenters. The summed E-state index contributed by atoms with van der Waals surface area (Å²) in [6.07, 6.45) is 0.707. The van der Waals surface area contributed by atoms with Crippen LogP contribution in [0.5, 0.6) is 0 Å². The highest BCUT2D eigenvalue weighted by Crippen LogP contribution is 2.32. The van der Waals surface area contributed by atoms with Crippen LogP contribution >= 0.6 is 11.6 Å². The minimum Gasteiger partial charge on any atom is -0.382 e. The van der Waals surface area contributed by atoms with Gasteiger partial charge in [-0.25, -0.2) is 8.42 Å². The van der Waals surface area contributed by atoms with Crippen molar-refractivity contribution in [2.24, 2.45) is 0 Å². The first-order chi connectivity index (χ1) is 20.0. The Morgan fingerprint density at radius 2 is 1.81 bits per heavy atom. The van der Waals surface area contributed by atoms with Crippen LogP contribution in [0.1, 0.15) is 31.4 Å². The average Bonchev–Trinajstić information content (AvgIpc) is 3.28. The number of piperidine rings is 1. The second-order valence-electron chi connectivity index (χ2n) is 10.8. The zero-order chi connectivity index (χ0) is 29.9. The molecular formula is C30H34ClF3N4O3S. The summed E-state index contributed by atoms with van der Waals surface area (Å²) in [7, 11) is -3.46. The molecule has 0 radical (unpaired) electrons. The van der Waals surface area contributed by atoms with E-state index in [1.807, 2.05) is 6.07 Å². The number of hydrogen-bond acceptors (Lipinski definition) is 6. The van der Waals surface area contributed by atoms with Crippen LogP contribution in [0.25, 0.3) is 10.9 Å². The van der Waals surface area contributed by atoms with Gasteiger partial charge in [-0.2, -0.15) is 13.2 Å². The summed E-state index contributed by atoms with van der Waals surface area (Å²) >= 11 is 6.10. The third kappa shape index (κ3) is 7.53. The molecule has 7 nitrogen and oxygen atoms in total. The Morgan fingerprint density at radius 1 is 1.07 bits per heavy atom. The SMILES string of the molecule is CS(=O)(=O)c1ccc(NCC#Cc2cc3c(NC4CCN(C5CCOCC5)CC4)cccc3n2CC(F)(F)F)cc1Cl. The van der Waals surface area contributed by atoms with Crippen LogP contribution < -0.4 is 10.6 Å². The summed E-state index contributed by atoms with van der Waals surface area (Å²) < 4.78 is 71.0. The molecule has 0 spiro atoms. The molecule has 0 unspecified atom stereocenters. The summed E-state index contributed by atoms with van der Waals surface area (Å²) in [6.45, 7) is 2.57. The van der Waals surface area contributed by atoms with Crippen molar-refractivity contribution in [3.8, 4) is 11.8 Å². The van der Waals surface area contributed by atoms with Crippen LogP contribution in [-0.4, -0.2) is 75.2 Å². The van der Waals surface area contributed by atoms with Crippen LogP contribution in [0.15, 0.2) is 47.4 Å². The maximum atomic E-state index is 13.6. The summed E-state index contributed by atoms with van der Waals surface area (Å²) in [5.74, 6) is 5.79. The molecular weight excluding hydrogens is 589 g/mol. The molecule has 2 fully saturated rings. The van der Waals surface area contributed by atoms with Gasteiger partial charge in [-0.15, -0.1) is 0 Å². The van der Waals surface area contributed by atoms with Crippen LogP contribution in [0.2, 0.25) is 5.02 Å². The number of nitrogens with one attached hydrogen (secondary N) is 2. The number of nitrogens with zero attached hydrogens (tertiary/aromatic N) is 2. The van der Waals surface area contributed by atoms with Crippen molar-refractivity contribution in [1.29, 1.82) is 0 Å². The number of halogens is 4. The third-order valence-electron chi connectivity index (χ3n) is 7.81. The molecule has 3 aromatic rings. The summed E-state index contributed by atoms with van der Waals surface area (Å²) in [4.78, 5) is 2.56. The van der Waals surface area contributed by atoms with Crippen LogP contribution in [-0.2, 0) is 21.1 Å². The van der Waals surface area contributed by atoms with Crippen LogP contribution in [0.3, 0.4) is 0 Å². The normalized spacial score (nSPS) is 17.6. The van der Waals surface area contributed by atoms with Crippen molar-refractivity contribution in [2.75, 3.05) is 49.7 Å². The molecule has 0 bridgehead atoms. The molecule has 2 saturated heterocycles. The zero-order valence-corrected chi connectivity index (χ0v) is 24.9. The highest BCUT2D eigenvalue weighted by molar-refractivity contribution is 7.90. The van der Waals surface area contributed by atoms with Crippen molar-refractivity contribution in [3.63, 3.8) is 0 Å². The van der Waals surface area contributed by atoms with E-state index in [1.54, 1.807) is 24.3 Å². The number of rotatable bonds is 7. The van der Waals surface area contributed by atoms with Crippen molar-refractivity contribution in [2.45, 2.75) is 55.4 Å². The minimum atomic E-state index is -4.42. The van der Waals surface area contributed by atoms with Gasteiger partial charge in [-0.05, 0) is 68.0 Å². The highest BCUT2D eigenvalue weighted by Gasteiger charge is 2.30. The summed E-state index contributed by atoms with van der Waals surface area (Å²) in [5.41, 5.74) is 2.09. The molecule has 2 aliphatic heterocycles. The quantitative estimate of drug-likeness (QED) is 0.326. The smallest absolute Gasteiger partial charge is 0.382 e. The van der Waals surface area contributed by atoms with E-state index in [4.69, 9.17) is 16.3 Å². The van der Waals surface area contributed by atoms with Gasteiger partial charge in [0, 0.05) is 61.4 Å². The number of fused-ring (bicyclic) bond motifs is 1. The topological polar surface area (TPSA) is 75.6 Å². The third-order valence-corrected chi connectivity index (χ3v) is 9.39. The number of benzene rings is 2. The highest BCUT2D eigenvalue weighted by atomic mass is 35.5. The molecule has 3 heterocycles. The molecule has 0 saturated carbocycles. The molecule has 0 aliphatic carbocycles. The van der Waals surface area contributed by atoms with Crippen molar-refractivity contribution < 1.29 is 26.3 Å². The maximum absolute atomic E-state index is 13.6. The number of hydrogen-bond donors (Lipinski definition) is 2. The van der Waals surface area contributed by atoms with Gasteiger partial charge in [0.15, 0.2) is 9.84 Å². The van der Waals surface area contributed by atoms with E-state index in [2.05, 4.69) is 27.4 Å². The predicted molar refractivity (Wildman–Crippen MR) is 160 cm³/mol. The fourth-order valence-corrected chi connectivity index (χ4v) is 7.06. The number of aromatic nitrogens is 1. The summed E-state index contributed by atoms with van der Waals surface area (Å²) in [5, 5.41) is 7.40. The molecule has 0 amide bonds. The minimum absolute atomic E-state index is 0.0201. The largest absolute Gasteiger partial charge is 0.406 e. The Labute approximate surface area is 249 Å². The van der Waals surface area contributed by atoms with Crippen molar-refractivity contribution >= 4 is 43.7 Å². The van der Waals surface area contributed by atoms with Gasteiger partial charge in [0.2, 0.25) is 0 Å². The molecule has 2 N–H and O–H groups in total. The molecule has 42 heavy (non-hydrogen) atoms. The van der Waals surface area contributed by atoms with E-state index in [-0.39, 0.29) is 28.2 Å². The van der Waals surface area contributed by atoms with Gasteiger partial charge in [0.25, 0.3) is 0 Å². The first kappa shape index (κ1) is 30.5. The van der Waals surface area contributed by atoms with E-state index in [0.29, 0.717) is 22.6 Å². The average molecular weight is 623 g/mol. The number of anilines is 2. The fraction of sp³-hybridized carbons (Fsp3) is 0.467. The lowest BCUT2D eigenvalue weighted by Gasteiger charge is -2.39. The van der Waals surface area contributed by atoms with E-state index < -0.39 is 22.6 Å². The lowest BCUT2D eigenvalue weighted by molar-refractivity contribution is -0.140. The Hall–Kier alpha value is -2.91. The number of likely N-dealkylation sites (tertiary alicyclic amines) is 1. The van der Waals surface area contributed by atoms with Gasteiger partial charge >= 0.3 is 6.18 Å². The van der Waals surface area contributed by atoms with E-state index in [0.717, 1.165) is 63.9 Å². The Morgan fingerprint density at radius 3 is 2.48 bits per heavy atom. The maximum Gasteiger partial charge on any atom is 0.406 e. The zero-order valence-electron chi connectivity index (χ0n) is 23.3. The standard InChI is InChI=1S/C30H34ClF3N4O3S/c1-42(39,40)29-8-7-22(18-26(29)31)35-13-3-4-24-19-25-27(5-2-6-28(25)38(24)20-30(32,33)34)36-21-9-14-37(15-10-21)23-11-16-41-17-12-23/h2,5-8,18-19,21,23,35-36H,9-17,20H2,1H3. The monoisotopic (exact) mass is 622 g/mol. The van der Waals surface area contributed by atoms with Gasteiger partial charge in [0.05, 0.1) is 27.7 Å². The molecule has 226 valence electrons. The van der Waals surface area contributed by atoms with Gasteiger partial charge in [0.1, 0.15) is 6.54 Å². The van der Waals surface area contributed by atoms with Gasteiger partial charge in [-0.1, -0.05) is 23.6 Å². The Kier molecular flexibility index (Phi) is 9.28. The van der Waals surface area contributed by atoms with Gasteiger partial charge < -0.3 is 24.8 Å². The molecule has 5 rings (SSSR count). The number of ether oxygens (including phenoxy) is 1. The Balaban J connectivity index is 1.31. The molecule has 2 aromatic carbocycles. The number of alkyl halides is 3. The molecule has 2 aliphatic rings. The second-order valence-corrected chi connectivity index (χ2v) is 13.2. The van der Waals surface area contributed by atoms with E-state index in [1.165, 1.54) is 16.7 Å². The summed E-state index contributed by atoms with van der Waals surface area (Å²) in [6, 6.07) is 12.3. The number of sulfone groups is 1. The first-order valence-electron chi connectivity index (χ1n) is 14.0. The fourth-order valence-electron chi connectivity index (χ4n) is 5.74. The van der Waals surface area contributed by atoms with E-state index in [9.17, 15) is 21.6 Å². The second kappa shape index (κ2) is 12.8. The lowest BCUT2D eigenvalue weighted by Crippen LogP contribution is -2.46. The Bertz CT molecular complexity index is 1580. The van der Waals surface area contributed by atoms with Crippen molar-refractivity contribution in [3.05, 3.63) is 53.2 Å². The van der Waals surface area contributed by atoms with Crippen LogP contribution in [0.4, 0.5) is 24.5 Å². The molecule has 12 heteroatoms. The van der Waals surface area contributed by atoms with Crippen LogP contribution in [0, 0.1) is 11.8 Å². The van der Waals surface area contributed by atoms with Gasteiger partial charge in [-0.3, -0.25) is 0 Å². The first-order valence-corrected chi connectivity index (χ1v) is 16.2.